The summed E-state index contributed by atoms with van der Waals surface area (Å²) in [5.74, 6) is -0.464. The molecule has 0 radical (unpaired) electrons. The van der Waals surface area contributed by atoms with Gasteiger partial charge in [0.2, 0.25) is 0 Å². The van der Waals surface area contributed by atoms with E-state index in [2.05, 4.69) is 10.3 Å². The van der Waals surface area contributed by atoms with Crippen LogP contribution >= 0.6 is 0 Å². The van der Waals surface area contributed by atoms with E-state index in [4.69, 9.17) is 5.11 Å². The van der Waals surface area contributed by atoms with Gasteiger partial charge in [0, 0.05) is 12.2 Å². The normalized spacial score (nSPS) is 19.1. The molecule has 1 aliphatic carbocycles. The van der Waals surface area contributed by atoms with Crippen LogP contribution in [-0.2, 0) is 4.79 Å². The summed E-state index contributed by atoms with van der Waals surface area (Å²) in [6.45, 7) is 1.95. The largest absolute Gasteiger partial charge is 0.480 e. The quantitative estimate of drug-likeness (QED) is 0.791. The Kier molecular flexibility index (Phi) is 3.19. The van der Waals surface area contributed by atoms with E-state index >= 15 is 0 Å². The van der Waals surface area contributed by atoms with Crippen LogP contribution in [0.3, 0.4) is 0 Å². The van der Waals surface area contributed by atoms with Gasteiger partial charge in [0.25, 0.3) is 0 Å². The summed E-state index contributed by atoms with van der Waals surface area (Å²) >= 11 is 0. The van der Waals surface area contributed by atoms with Gasteiger partial charge >= 0.3 is 5.97 Å². The molecule has 0 aliphatic heterocycles. The van der Waals surface area contributed by atoms with Gasteiger partial charge < -0.3 is 5.11 Å². The molecule has 1 fully saturated rings. The second-order valence-electron chi connectivity index (χ2n) is 4.30. The second-order valence-corrected chi connectivity index (χ2v) is 4.30. The number of nitrogens with zero attached hydrogens (tertiary/aromatic N) is 1. The van der Waals surface area contributed by atoms with Crippen molar-refractivity contribution in [3.8, 4) is 0 Å². The molecule has 2 rings (SSSR count). The molecule has 1 aromatic heterocycles. The maximum absolute atomic E-state index is 11.1. The first-order chi connectivity index (χ1) is 7.68. The predicted octanol–water partition coefficient (Wildman–Crippen LogP) is 1.60. The van der Waals surface area contributed by atoms with E-state index in [1.54, 1.807) is 6.20 Å². The summed E-state index contributed by atoms with van der Waals surface area (Å²) in [7, 11) is 0. The van der Waals surface area contributed by atoms with Crippen molar-refractivity contribution in [1.29, 1.82) is 0 Å². The molecule has 0 saturated heterocycles. The molecule has 0 amide bonds. The Balaban J connectivity index is 2.00. The number of aromatic nitrogens is 1. The van der Waals surface area contributed by atoms with Crippen LogP contribution in [-0.4, -0.2) is 22.1 Å². The van der Waals surface area contributed by atoms with Crippen molar-refractivity contribution < 1.29 is 9.90 Å². The average molecular weight is 220 g/mol. The number of aliphatic carboxylic acids is 1. The van der Waals surface area contributed by atoms with Crippen LogP contribution < -0.4 is 5.32 Å². The van der Waals surface area contributed by atoms with Crippen molar-refractivity contribution >= 4 is 5.97 Å². The number of pyridine rings is 1. The van der Waals surface area contributed by atoms with Crippen LogP contribution in [0.25, 0.3) is 0 Å². The maximum Gasteiger partial charge on any atom is 0.321 e. The summed E-state index contributed by atoms with van der Waals surface area (Å²) in [5.41, 5.74) is 0.884. The lowest BCUT2D eigenvalue weighted by molar-refractivity contribution is -0.140. The molecule has 0 aromatic carbocycles. The second kappa shape index (κ2) is 4.61. The SMILES string of the molecule is CC(NC(C(=O)O)C1CC1)c1ccccn1. The number of nitrogens with one attached hydrogen (secondary N) is 1. The van der Waals surface area contributed by atoms with Gasteiger partial charge in [0.15, 0.2) is 0 Å². The van der Waals surface area contributed by atoms with E-state index < -0.39 is 12.0 Å². The van der Waals surface area contributed by atoms with Gasteiger partial charge in [0.05, 0.1) is 5.69 Å². The highest BCUT2D eigenvalue weighted by atomic mass is 16.4. The highest BCUT2D eigenvalue weighted by Crippen LogP contribution is 2.33. The first kappa shape index (κ1) is 11.1. The highest BCUT2D eigenvalue weighted by Gasteiger charge is 2.36. The minimum absolute atomic E-state index is 0.0251. The number of carbonyl (C=O) groups is 1. The first-order valence-electron chi connectivity index (χ1n) is 5.58. The molecule has 1 aliphatic rings. The minimum atomic E-state index is -0.759. The zero-order chi connectivity index (χ0) is 11.5. The molecule has 2 N–H and O–H groups in total. The zero-order valence-corrected chi connectivity index (χ0v) is 9.26. The lowest BCUT2D eigenvalue weighted by Gasteiger charge is -2.19. The lowest BCUT2D eigenvalue weighted by Crippen LogP contribution is -2.40. The molecule has 1 aromatic rings. The Morgan fingerprint density at radius 1 is 1.56 bits per heavy atom. The van der Waals surface area contributed by atoms with E-state index in [1.807, 2.05) is 25.1 Å². The summed E-state index contributed by atoms with van der Waals surface area (Å²) < 4.78 is 0. The molecule has 1 saturated carbocycles. The number of carboxylic acids is 1. The van der Waals surface area contributed by atoms with Crippen LogP contribution in [0.4, 0.5) is 0 Å². The van der Waals surface area contributed by atoms with Crippen molar-refractivity contribution in [3.05, 3.63) is 30.1 Å². The van der Waals surface area contributed by atoms with E-state index in [1.165, 1.54) is 0 Å². The van der Waals surface area contributed by atoms with Crippen LogP contribution in [0, 0.1) is 5.92 Å². The van der Waals surface area contributed by atoms with Crippen molar-refractivity contribution in [1.82, 2.24) is 10.3 Å². The van der Waals surface area contributed by atoms with Crippen LogP contribution in [0.1, 0.15) is 31.5 Å². The number of hydrogen-bond acceptors (Lipinski definition) is 3. The Morgan fingerprint density at radius 3 is 2.81 bits per heavy atom. The van der Waals surface area contributed by atoms with Crippen LogP contribution in [0.15, 0.2) is 24.4 Å². The van der Waals surface area contributed by atoms with Crippen LogP contribution in [0.2, 0.25) is 0 Å². The smallest absolute Gasteiger partial charge is 0.321 e. The number of carboxylic acid groups (broad SMARTS) is 1. The molecule has 86 valence electrons. The van der Waals surface area contributed by atoms with Gasteiger partial charge in [-0.1, -0.05) is 6.07 Å². The number of rotatable bonds is 5. The summed E-state index contributed by atoms with van der Waals surface area (Å²) in [6, 6.07) is 5.21. The predicted molar refractivity (Wildman–Crippen MR) is 59.9 cm³/mol. The monoisotopic (exact) mass is 220 g/mol. The maximum atomic E-state index is 11.1. The average Bonchev–Trinajstić information content (AvgIpc) is 3.10. The van der Waals surface area contributed by atoms with Crippen molar-refractivity contribution in [2.75, 3.05) is 0 Å². The third kappa shape index (κ3) is 2.58. The zero-order valence-electron chi connectivity index (χ0n) is 9.26. The molecule has 1 heterocycles. The fourth-order valence-corrected chi connectivity index (χ4v) is 1.83. The van der Waals surface area contributed by atoms with E-state index in [9.17, 15) is 4.79 Å². The molecule has 2 atom stereocenters. The van der Waals surface area contributed by atoms with E-state index in [-0.39, 0.29) is 6.04 Å². The number of hydrogen-bond donors (Lipinski definition) is 2. The van der Waals surface area contributed by atoms with Gasteiger partial charge in [-0.25, -0.2) is 0 Å². The molecule has 4 heteroatoms. The van der Waals surface area contributed by atoms with Crippen molar-refractivity contribution in [2.45, 2.75) is 31.8 Å². The summed E-state index contributed by atoms with van der Waals surface area (Å²) in [6.07, 6.45) is 3.75. The Labute approximate surface area is 94.7 Å². The summed E-state index contributed by atoms with van der Waals surface area (Å²) in [4.78, 5) is 15.3. The molecule has 2 unspecified atom stereocenters. The van der Waals surface area contributed by atoms with Crippen molar-refractivity contribution in [2.24, 2.45) is 5.92 Å². The first-order valence-corrected chi connectivity index (χ1v) is 5.58. The molecule has 16 heavy (non-hydrogen) atoms. The topological polar surface area (TPSA) is 62.2 Å². The molecule has 0 bridgehead atoms. The van der Waals surface area contributed by atoms with Crippen LogP contribution in [0.5, 0.6) is 0 Å². The Hall–Kier alpha value is -1.42. The molecule has 4 nitrogen and oxygen atoms in total. The molecule has 0 spiro atoms. The fourth-order valence-electron chi connectivity index (χ4n) is 1.83. The van der Waals surface area contributed by atoms with Gasteiger partial charge in [-0.2, -0.15) is 0 Å². The van der Waals surface area contributed by atoms with E-state index in [0.717, 1.165) is 18.5 Å². The van der Waals surface area contributed by atoms with Gasteiger partial charge in [-0.05, 0) is 37.8 Å². The molecular formula is C12H16N2O2. The Bertz CT molecular complexity index is 363. The van der Waals surface area contributed by atoms with Crippen molar-refractivity contribution in [3.63, 3.8) is 0 Å². The van der Waals surface area contributed by atoms with Gasteiger partial charge in [-0.3, -0.25) is 15.1 Å². The van der Waals surface area contributed by atoms with E-state index in [0.29, 0.717) is 5.92 Å². The molecular weight excluding hydrogens is 204 g/mol. The third-order valence-corrected chi connectivity index (χ3v) is 2.92. The lowest BCUT2D eigenvalue weighted by atomic mass is 10.1. The Morgan fingerprint density at radius 2 is 2.31 bits per heavy atom. The van der Waals surface area contributed by atoms with Gasteiger partial charge in [-0.15, -0.1) is 0 Å². The highest BCUT2D eigenvalue weighted by molar-refractivity contribution is 5.74. The fraction of sp³-hybridized carbons (Fsp3) is 0.500. The minimum Gasteiger partial charge on any atom is -0.480 e. The van der Waals surface area contributed by atoms with Gasteiger partial charge in [0.1, 0.15) is 6.04 Å². The summed E-state index contributed by atoms with van der Waals surface area (Å²) in [5, 5.41) is 12.2. The standard InChI is InChI=1S/C12H16N2O2/c1-8(10-4-2-3-7-13-10)14-11(12(15)16)9-5-6-9/h2-4,7-9,11,14H,5-6H2,1H3,(H,15,16). The third-order valence-electron chi connectivity index (χ3n) is 2.92.